The van der Waals surface area contributed by atoms with E-state index in [0.29, 0.717) is 12.0 Å². The highest BCUT2D eigenvalue weighted by Gasteiger charge is 2.24. The normalized spacial score (nSPS) is 18.8. The molecule has 1 aliphatic rings. The van der Waals surface area contributed by atoms with Crippen molar-refractivity contribution in [2.75, 3.05) is 6.54 Å². The predicted molar refractivity (Wildman–Crippen MR) is 70.6 cm³/mol. The van der Waals surface area contributed by atoms with Crippen LogP contribution in [0.1, 0.15) is 53.4 Å². The number of hydrogen-bond acceptors (Lipinski definition) is 1. The lowest BCUT2D eigenvalue weighted by Crippen LogP contribution is -2.45. The van der Waals surface area contributed by atoms with Crippen LogP contribution in [-0.2, 0) is 0 Å². The molecule has 16 heavy (non-hydrogen) atoms. The van der Waals surface area contributed by atoms with Gasteiger partial charge in [-0.15, -0.1) is 0 Å². The smallest absolute Gasteiger partial charge is 0.191 e. The maximum atomic E-state index is 6.12. The third kappa shape index (κ3) is 4.03. The second-order valence-corrected chi connectivity index (χ2v) is 5.57. The Labute approximate surface area is 100 Å². The van der Waals surface area contributed by atoms with Crippen molar-refractivity contribution in [3.05, 3.63) is 0 Å². The van der Waals surface area contributed by atoms with E-state index in [1.807, 2.05) is 0 Å². The Balaban J connectivity index is 2.69. The van der Waals surface area contributed by atoms with E-state index in [1.54, 1.807) is 0 Å². The van der Waals surface area contributed by atoms with Crippen LogP contribution < -0.4 is 5.73 Å². The average Bonchev–Trinajstić information content (AvgIpc) is 2.64. The molecule has 0 atom stereocenters. The van der Waals surface area contributed by atoms with Gasteiger partial charge in [0, 0.05) is 18.6 Å². The summed E-state index contributed by atoms with van der Waals surface area (Å²) < 4.78 is 0. The molecule has 1 saturated carbocycles. The minimum Gasteiger partial charge on any atom is -0.370 e. The lowest BCUT2D eigenvalue weighted by Gasteiger charge is -2.31. The first kappa shape index (κ1) is 13.3. The fourth-order valence-corrected chi connectivity index (χ4v) is 2.38. The van der Waals surface area contributed by atoms with E-state index in [0.717, 1.165) is 12.5 Å². The van der Waals surface area contributed by atoms with Crippen molar-refractivity contribution in [2.24, 2.45) is 16.6 Å². The number of guanidine groups is 1. The molecule has 3 nitrogen and oxygen atoms in total. The van der Waals surface area contributed by atoms with Crippen molar-refractivity contribution in [3.63, 3.8) is 0 Å². The van der Waals surface area contributed by atoms with Crippen molar-refractivity contribution in [1.29, 1.82) is 0 Å². The Kier molecular flexibility index (Phi) is 5.10. The summed E-state index contributed by atoms with van der Waals surface area (Å²) in [5.74, 6) is 1.39. The van der Waals surface area contributed by atoms with Crippen LogP contribution >= 0.6 is 0 Å². The molecule has 1 aliphatic carbocycles. The molecule has 0 radical (unpaired) electrons. The fraction of sp³-hybridized carbons (Fsp3) is 0.923. The van der Waals surface area contributed by atoms with Crippen LogP contribution in [0.3, 0.4) is 0 Å². The second-order valence-electron chi connectivity index (χ2n) is 5.57. The number of rotatable bonds is 4. The van der Waals surface area contributed by atoms with E-state index in [1.165, 1.54) is 25.7 Å². The van der Waals surface area contributed by atoms with Crippen LogP contribution in [-0.4, -0.2) is 29.5 Å². The third-order valence-corrected chi connectivity index (χ3v) is 3.01. The molecule has 2 N–H and O–H groups in total. The zero-order valence-corrected chi connectivity index (χ0v) is 11.2. The topological polar surface area (TPSA) is 41.6 Å². The third-order valence-electron chi connectivity index (χ3n) is 3.01. The van der Waals surface area contributed by atoms with Gasteiger partial charge in [-0.1, -0.05) is 26.7 Å². The van der Waals surface area contributed by atoms with E-state index in [4.69, 9.17) is 5.73 Å². The van der Waals surface area contributed by atoms with Crippen molar-refractivity contribution in [3.8, 4) is 0 Å². The lowest BCUT2D eigenvalue weighted by atomic mass is 10.1. The minimum absolute atomic E-state index is 0.288. The first-order chi connectivity index (χ1) is 7.50. The second kappa shape index (κ2) is 6.12. The summed E-state index contributed by atoms with van der Waals surface area (Å²) in [5.41, 5.74) is 6.12. The van der Waals surface area contributed by atoms with Gasteiger partial charge in [-0.05, 0) is 32.6 Å². The van der Waals surface area contributed by atoms with Gasteiger partial charge in [-0.3, -0.25) is 4.99 Å². The van der Waals surface area contributed by atoms with Gasteiger partial charge in [0.25, 0.3) is 0 Å². The molecule has 0 spiro atoms. The molecule has 0 aromatic heterocycles. The molecule has 0 saturated heterocycles. The molecule has 94 valence electrons. The standard InChI is InChI=1S/C13H27N3/c1-10(2)9-16(12-7-5-6-8-12)13(14)15-11(3)4/h10-12H,5-9H2,1-4H3,(H2,14,15). The summed E-state index contributed by atoms with van der Waals surface area (Å²) in [4.78, 5) is 6.83. The quantitative estimate of drug-likeness (QED) is 0.590. The molecule has 0 aromatic rings. The van der Waals surface area contributed by atoms with Crippen LogP contribution in [0.2, 0.25) is 0 Å². The fourth-order valence-electron chi connectivity index (χ4n) is 2.38. The summed E-state index contributed by atoms with van der Waals surface area (Å²) in [6.07, 6.45) is 5.24. The van der Waals surface area contributed by atoms with Gasteiger partial charge in [-0.25, -0.2) is 0 Å². The first-order valence-corrected chi connectivity index (χ1v) is 6.60. The summed E-state index contributed by atoms with van der Waals surface area (Å²) in [6.45, 7) is 9.67. The van der Waals surface area contributed by atoms with E-state index in [9.17, 15) is 0 Å². The lowest BCUT2D eigenvalue weighted by molar-refractivity contribution is 0.279. The molecule has 0 amide bonds. The molecular weight excluding hydrogens is 198 g/mol. The van der Waals surface area contributed by atoms with Gasteiger partial charge < -0.3 is 10.6 Å². The van der Waals surface area contributed by atoms with Crippen LogP contribution in [0.4, 0.5) is 0 Å². The molecule has 0 heterocycles. The van der Waals surface area contributed by atoms with Gasteiger partial charge >= 0.3 is 0 Å². The predicted octanol–water partition coefficient (Wildman–Crippen LogP) is 2.61. The monoisotopic (exact) mass is 225 g/mol. The van der Waals surface area contributed by atoms with Gasteiger partial charge in [-0.2, -0.15) is 0 Å². The van der Waals surface area contributed by atoms with Gasteiger partial charge in [0.05, 0.1) is 0 Å². The highest BCUT2D eigenvalue weighted by molar-refractivity contribution is 5.78. The minimum atomic E-state index is 0.288. The molecule has 0 aliphatic heterocycles. The number of aliphatic imine (C=N–C) groups is 1. The summed E-state index contributed by atoms with van der Waals surface area (Å²) in [6, 6.07) is 0.918. The molecule has 1 rings (SSSR count). The Morgan fingerprint density at radius 3 is 2.25 bits per heavy atom. The van der Waals surface area contributed by atoms with Crippen molar-refractivity contribution >= 4 is 5.96 Å². The number of hydrogen-bond donors (Lipinski definition) is 1. The van der Waals surface area contributed by atoms with Crippen molar-refractivity contribution < 1.29 is 0 Å². The van der Waals surface area contributed by atoms with Crippen LogP contribution in [0.25, 0.3) is 0 Å². The highest BCUT2D eigenvalue weighted by Crippen LogP contribution is 2.24. The van der Waals surface area contributed by atoms with E-state index in [2.05, 4.69) is 37.6 Å². The van der Waals surface area contributed by atoms with E-state index in [-0.39, 0.29) is 6.04 Å². The van der Waals surface area contributed by atoms with Crippen LogP contribution in [0.15, 0.2) is 4.99 Å². The van der Waals surface area contributed by atoms with Gasteiger partial charge in [0.2, 0.25) is 0 Å². The molecule has 0 unspecified atom stereocenters. The Morgan fingerprint density at radius 2 is 1.81 bits per heavy atom. The highest BCUT2D eigenvalue weighted by atomic mass is 15.3. The molecule has 0 bridgehead atoms. The van der Waals surface area contributed by atoms with E-state index < -0.39 is 0 Å². The molecule has 3 heteroatoms. The summed E-state index contributed by atoms with van der Waals surface area (Å²) in [7, 11) is 0. The average molecular weight is 225 g/mol. The maximum absolute atomic E-state index is 6.12. The first-order valence-electron chi connectivity index (χ1n) is 6.60. The number of nitrogens with zero attached hydrogens (tertiary/aromatic N) is 2. The summed E-state index contributed by atoms with van der Waals surface area (Å²) in [5, 5.41) is 0. The largest absolute Gasteiger partial charge is 0.370 e. The molecular formula is C13H27N3. The van der Waals surface area contributed by atoms with Crippen LogP contribution in [0, 0.1) is 5.92 Å². The summed E-state index contributed by atoms with van der Waals surface area (Å²) >= 11 is 0. The maximum Gasteiger partial charge on any atom is 0.191 e. The van der Waals surface area contributed by atoms with Crippen molar-refractivity contribution in [2.45, 2.75) is 65.5 Å². The number of nitrogens with two attached hydrogens (primary N) is 1. The van der Waals surface area contributed by atoms with E-state index >= 15 is 0 Å². The Morgan fingerprint density at radius 1 is 1.25 bits per heavy atom. The van der Waals surface area contributed by atoms with Gasteiger partial charge in [0.15, 0.2) is 5.96 Å². The zero-order chi connectivity index (χ0) is 12.1. The molecule has 1 fully saturated rings. The van der Waals surface area contributed by atoms with Crippen LogP contribution in [0.5, 0.6) is 0 Å². The zero-order valence-electron chi connectivity index (χ0n) is 11.2. The Bertz CT molecular complexity index is 227. The SMILES string of the molecule is CC(C)CN(C(N)=NC(C)C)C1CCCC1. The molecule has 0 aromatic carbocycles. The van der Waals surface area contributed by atoms with Crippen molar-refractivity contribution in [1.82, 2.24) is 4.90 Å². The Hall–Kier alpha value is -0.730. The van der Waals surface area contributed by atoms with Gasteiger partial charge in [0.1, 0.15) is 0 Å².